The lowest BCUT2D eigenvalue weighted by molar-refractivity contribution is -0.124. The third-order valence-corrected chi connectivity index (χ3v) is 7.03. The van der Waals surface area contributed by atoms with E-state index in [2.05, 4.69) is 27.0 Å². The van der Waals surface area contributed by atoms with E-state index < -0.39 is 17.9 Å². The average molecular weight is 525 g/mol. The lowest BCUT2D eigenvalue weighted by Gasteiger charge is -2.29. The van der Waals surface area contributed by atoms with E-state index in [1.165, 1.54) is 6.20 Å². The van der Waals surface area contributed by atoms with Gasteiger partial charge in [0.05, 0.1) is 0 Å². The number of amides is 3. The molecule has 3 heterocycles. The topological polar surface area (TPSA) is 142 Å². The lowest BCUT2D eigenvalue weighted by Crippen LogP contribution is -2.50. The van der Waals surface area contributed by atoms with Gasteiger partial charge in [-0.3, -0.25) is 18.8 Å². The van der Waals surface area contributed by atoms with Crippen LogP contribution in [0.5, 0.6) is 0 Å². The minimum atomic E-state index is -0.598. The summed E-state index contributed by atoms with van der Waals surface area (Å²) in [4.78, 5) is 42.4. The van der Waals surface area contributed by atoms with Crippen LogP contribution < -0.4 is 16.0 Å². The molecule has 3 N–H and O–H groups in total. The van der Waals surface area contributed by atoms with Crippen LogP contribution in [0.3, 0.4) is 0 Å². The molecule has 4 aromatic rings. The number of nitrogens with zero attached hydrogens (tertiary/aromatic N) is 3. The molecule has 1 aromatic carbocycles. The fourth-order valence-corrected chi connectivity index (χ4v) is 4.97. The summed E-state index contributed by atoms with van der Waals surface area (Å²) in [5.41, 5.74) is 2.34. The molecule has 0 radical (unpaired) electrons. The van der Waals surface area contributed by atoms with Crippen molar-refractivity contribution in [2.75, 3.05) is 12.4 Å². The summed E-state index contributed by atoms with van der Waals surface area (Å²) < 4.78 is 7.37. The van der Waals surface area contributed by atoms with Gasteiger partial charge < -0.3 is 20.4 Å². The molecule has 1 atom stereocenters. The summed E-state index contributed by atoms with van der Waals surface area (Å²) in [5.74, 6) is -0.331. The van der Waals surface area contributed by atoms with Crippen LogP contribution in [0.1, 0.15) is 58.8 Å². The number of nitriles is 1. The first-order valence-corrected chi connectivity index (χ1v) is 12.9. The maximum atomic E-state index is 12.9. The summed E-state index contributed by atoms with van der Waals surface area (Å²) >= 11 is 0. The predicted octanol–water partition coefficient (Wildman–Crippen LogP) is 4.14. The van der Waals surface area contributed by atoms with Crippen molar-refractivity contribution in [1.29, 1.82) is 5.26 Å². The van der Waals surface area contributed by atoms with Crippen LogP contribution in [0.2, 0.25) is 0 Å². The number of anilines is 1. The molecule has 10 nitrogen and oxygen atoms in total. The Balaban J connectivity index is 1.25. The first kappa shape index (κ1) is 25.7. The number of rotatable bonds is 7. The first-order chi connectivity index (χ1) is 19.0. The Labute approximate surface area is 225 Å². The van der Waals surface area contributed by atoms with Gasteiger partial charge in [0, 0.05) is 24.5 Å². The van der Waals surface area contributed by atoms with Crippen molar-refractivity contribution in [3.05, 3.63) is 77.9 Å². The summed E-state index contributed by atoms with van der Waals surface area (Å²) in [6.45, 7) is 0. The molecule has 3 amide bonds. The Kier molecular flexibility index (Phi) is 7.41. The highest BCUT2D eigenvalue weighted by atomic mass is 16.4. The predicted molar refractivity (Wildman–Crippen MR) is 144 cm³/mol. The van der Waals surface area contributed by atoms with Crippen molar-refractivity contribution in [3.8, 4) is 17.4 Å². The van der Waals surface area contributed by atoms with Gasteiger partial charge in [-0.2, -0.15) is 5.26 Å². The fourth-order valence-electron chi connectivity index (χ4n) is 4.97. The zero-order chi connectivity index (χ0) is 27.4. The van der Waals surface area contributed by atoms with Gasteiger partial charge in [0.2, 0.25) is 5.91 Å². The number of fused-ring (bicyclic) bond motifs is 1. The van der Waals surface area contributed by atoms with E-state index in [-0.39, 0.29) is 23.3 Å². The molecule has 198 valence electrons. The third-order valence-electron chi connectivity index (χ3n) is 7.03. The molecule has 5 rings (SSSR count). The Morgan fingerprint density at radius 1 is 1.03 bits per heavy atom. The Hall–Kier alpha value is -4.91. The van der Waals surface area contributed by atoms with E-state index in [1.54, 1.807) is 66.0 Å². The molecule has 0 spiro atoms. The lowest BCUT2D eigenvalue weighted by atomic mass is 9.83. The number of aromatic nitrogens is 2. The fraction of sp³-hybridized carbons (Fsp3) is 0.276. The quantitative estimate of drug-likeness (QED) is 0.332. The molecule has 1 unspecified atom stereocenters. The summed E-state index contributed by atoms with van der Waals surface area (Å²) in [5, 5.41) is 17.6. The van der Waals surface area contributed by atoms with Gasteiger partial charge in [-0.05, 0) is 67.3 Å². The molecule has 1 fully saturated rings. The minimum absolute atomic E-state index is 0.105. The van der Waals surface area contributed by atoms with Crippen LogP contribution in [-0.4, -0.2) is 40.2 Å². The molecular formula is C29H28N6O4. The van der Waals surface area contributed by atoms with Crippen molar-refractivity contribution in [2.24, 2.45) is 5.92 Å². The Morgan fingerprint density at radius 3 is 2.51 bits per heavy atom. The van der Waals surface area contributed by atoms with Gasteiger partial charge in [-0.15, -0.1) is 0 Å². The van der Waals surface area contributed by atoms with Crippen LogP contribution in [0.4, 0.5) is 5.69 Å². The molecule has 1 saturated carbocycles. The highest BCUT2D eigenvalue weighted by Crippen LogP contribution is 2.28. The molecular weight excluding hydrogens is 496 g/mol. The van der Waals surface area contributed by atoms with E-state index in [0.717, 1.165) is 32.1 Å². The third kappa shape index (κ3) is 5.52. The molecule has 1 aliphatic carbocycles. The average Bonchev–Trinajstić information content (AvgIpc) is 3.64. The molecule has 39 heavy (non-hydrogen) atoms. The first-order valence-electron chi connectivity index (χ1n) is 12.9. The second-order valence-electron chi connectivity index (χ2n) is 9.54. The molecule has 0 aliphatic heterocycles. The summed E-state index contributed by atoms with van der Waals surface area (Å²) in [6.07, 6.45) is 6.59. The van der Waals surface area contributed by atoms with E-state index >= 15 is 0 Å². The molecule has 3 aromatic heterocycles. The largest absolute Gasteiger partial charge is 0.451 e. The zero-order valence-electron chi connectivity index (χ0n) is 21.4. The number of carbonyl (C=O) groups excluding carboxylic acids is 3. The smallest absolute Gasteiger partial charge is 0.287 e. The number of pyridine rings is 1. The molecule has 0 saturated heterocycles. The van der Waals surface area contributed by atoms with Gasteiger partial charge in [0.15, 0.2) is 5.76 Å². The van der Waals surface area contributed by atoms with Crippen LogP contribution in [0.25, 0.3) is 17.0 Å². The number of hydrogen-bond donors (Lipinski definition) is 3. The number of imidazole rings is 1. The number of furan rings is 1. The number of likely N-dealkylation sites (N-methyl/N-ethyl adjacent to an activating group) is 1. The monoisotopic (exact) mass is 524 g/mol. The highest BCUT2D eigenvalue weighted by molar-refractivity contribution is 6.03. The summed E-state index contributed by atoms with van der Waals surface area (Å²) in [7, 11) is 1.57. The van der Waals surface area contributed by atoms with Gasteiger partial charge in [0.1, 0.15) is 34.9 Å². The second kappa shape index (κ2) is 11.2. The Morgan fingerprint density at radius 2 is 1.79 bits per heavy atom. The molecule has 10 heteroatoms. The van der Waals surface area contributed by atoms with Crippen molar-refractivity contribution in [2.45, 2.75) is 38.1 Å². The maximum Gasteiger partial charge on any atom is 0.287 e. The normalized spacial score (nSPS) is 14.4. The highest BCUT2D eigenvalue weighted by Gasteiger charge is 2.31. The van der Waals surface area contributed by atoms with Crippen LogP contribution in [0, 0.1) is 17.2 Å². The van der Waals surface area contributed by atoms with Crippen molar-refractivity contribution in [1.82, 2.24) is 20.0 Å². The number of hydrogen-bond acceptors (Lipinski definition) is 6. The van der Waals surface area contributed by atoms with Crippen LogP contribution in [-0.2, 0) is 4.79 Å². The van der Waals surface area contributed by atoms with Gasteiger partial charge >= 0.3 is 0 Å². The second-order valence-corrected chi connectivity index (χ2v) is 9.54. The molecule has 1 aliphatic rings. The SMILES string of the molecule is CNC(=O)C(NC(=O)c1ccc(-c2ccc(NC(=O)c3cn4c(C#N)cccc4n3)cc2)o1)C1CCCCC1. The number of carbonyl (C=O) groups is 3. The van der Waals surface area contributed by atoms with E-state index in [9.17, 15) is 19.6 Å². The van der Waals surface area contributed by atoms with Crippen LogP contribution >= 0.6 is 0 Å². The molecule has 0 bridgehead atoms. The minimum Gasteiger partial charge on any atom is -0.451 e. The zero-order valence-corrected chi connectivity index (χ0v) is 21.4. The van der Waals surface area contributed by atoms with Crippen molar-refractivity contribution >= 4 is 29.1 Å². The van der Waals surface area contributed by atoms with E-state index in [1.807, 2.05) is 0 Å². The maximum absolute atomic E-state index is 12.9. The van der Waals surface area contributed by atoms with Crippen molar-refractivity contribution < 1.29 is 18.8 Å². The standard InChI is InChI=1S/C29H28N6O4/c1-31-29(38)26(19-6-3-2-4-7-19)34-28(37)24-15-14-23(39-24)18-10-12-20(13-11-18)32-27(36)22-17-35-21(16-30)8-5-9-25(35)33-22/h5,8-15,17,19,26H,2-4,6-7H2,1H3,(H,31,38)(H,32,36)(H,34,37). The van der Waals surface area contributed by atoms with Gasteiger partial charge in [-0.25, -0.2) is 4.98 Å². The number of nitrogens with one attached hydrogen (secondary N) is 3. The Bertz CT molecular complexity index is 1560. The number of benzene rings is 1. The van der Waals surface area contributed by atoms with E-state index in [0.29, 0.717) is 28.4 Å². The van der Waals surface area contributed by atoms with Gasteiger partial charge in [-0.1, -0.05) is 25.3 Å². The van der Waals surface area contributed by atoms with Gasteiger partial charge in [0.25, 0.3) is 11.8 Å². The van der Waals surface area contributed by atoms with Crippen molar-refractivity contribution in [3.63, 3.8) is 0 Å². The van der Waals surface area contributed by atoms with E-state index in [4.69, 9.17) is 4.42 Å². The summed E-state index contributed by atoms with van der Waals surface area (Å²) in [6, 6.07) is 16.8. The van der Waals surface area contributed by atoms with Crippen LogP contribution in [0.15, 0.2) is 65.2 Å².